The van der Waals surface area contributed by atoms with Crippen LogP contribution in [0.4, 0.5) is 0 Å². The number of hydrazine groups is 1. The van der Waals surface area contributed by atoms with Crippen molar-refractivity contribution in [3.8, 4) is 5.75 Å². The molecule has 2 heterocycles. The van der Waals surface area contributed by atoms with Crippen molar-refractivity contribution in [2.45, 2.75) is 39.0 Å². The van der Waals surface area contributed by atoms with E-state index in [1.54, 1.807) is 12.1 Å². The van der Waals surface area contributed by atoms with Gasteiger partial charge in [0.1, 0.15) is 5.75 Å². The van der Waals surface area contributed by atoms with Gasteiger partial charge in [0.25, 0.3) is 5.91 Å². The highest BCUT2D eigenvalue weighted by Gasteiger charge is 2.28. The molecule has 6 heteroatoms. The Kier molecular flexibility index (Phi) is 5.32. The summed E-state index contributed by atoms with van der Waals surface area (Å²) < 4.78 is 7.75. The molecule has 1 fully saturated rings. The molecule has 0 spiro atoms. The third-order valence-corrected chi connectivity index (χ3v) is 5.15. The van der Waals surface area contributed by atoms with Gasteiger partial charge in [-0.3, -0.25) is 4.79 Å². The van der Waals surface area contributed by atoms with Gasteiger partial charge in [0.05, 0.1) is 18.8 Å². The molecule has 2 aromatic carbocycles. The Morgan fingerprint density at radius 2 is 1.93 bits per heavy atom. The first kappa shape index (κ1) is 18.5. The topological polar surface area (TPSA) is 67.3 Å². The van der Waals surface area contributed by atoms with Crippen LogP contribution in [0.1, 0.15) is 42.4 Å². The number of para-hydroxylation sites is 1. The van der Waals surface area contributed by atoms with Crippen molar-refractivity contribution in [3.63, 3.8) is 0 Å². The van der Waals surface area contributed by atoms with E-state index in [4.69, 9.17) is 4.74 Å². The number of nitrogens with zero attached hydrogens (tertiary/aromatic N) is 1. The molecule has 3 aromatic rings. The molecule has 28 heavy (non-hydrogen) atoms. The summed E-state index contributed by atoms with van der Waals surface area (Å²) in [6, 6.07) is 18.0. The zero-order chi connectivity index (χ0) is 19.5. The predicted octanol–water partition coefficient (Wildman–Crippen LogP) is 3.36. The van der Waals surface area contributed by atoms with Gasteiger partial charge in [0, 0.05) is 29.7 Å². The van der Waals surface area contributed by atoms with E-state index in [0.717, 1.165) is 18.7 Å². The lowest BCUT2D eigenvalue weighted by molar-refractivity contribution is 0.0932. The lowest BCUT2D eigenvalue weighted by Gasteiger charge is -2.14. The van der Waals surface area contributed by atoms with Crippen LogP contribution >= 0.6 is 0 Å². The maximum absolute atomic E-state index is 12.6. The van der Waals surface area contributed by atoms with Crippen LogP contribution in [0.2, 0.25) is 0 Å². The van der Waals surface area contributed by atoms with Crippen LogP contribution in [0.3, 0.4) is 0 Å². The summed E-state index contributed by atoms with van der Waals surface area (Å²) in [5.74, 6) is 0.672. The number of aromatic nitrogens is 1. The minimum atomic E-state index is -0.132. The van der Waals surface area contributed by atoms with Crippen LogP contribution in [0, 0.1) is 0 Å². The molecule has 6 nitrogen and oxygen atoms in total. The molecule has 1 saturated heterocycles. The van der Waals surface area contributed by atoms with Gasteiger partial charge in [-0.1, -0.05) is 18.2 Å². The third kappa shape index (κ3) is 3.61. The second-order valence-electron chi connectivity index (χ2n) is 6.93. The van der Waals surface area contributed by atoms with E-state index in [-0.39, 0.29) is 18.1 Å². The minimum Gasteiger partial charge on any atom is -0.494 e. The molecule has 0 saturated carbocycles. The van der Waals surface area contributed by atoms with E-state index in [1.165, 1.54) is 16.6 Å². The van der Waals surface area contributed by atoms with Crippen LogP contribution in [0.5, 0.6) is 5.75 Å². The maximum atomic E-state index is 12.6. The van der Waals surface area contributed by atoms with Gasteiger partial charge in [-0.15, -0.1) is 0 Å². The highest BCUT2D eigenvalue weighted by molar-refractivity contribution is 5.94. The lowest BCUT2D eigenvalue weighted by Crippen LogP contribution is -2.44. The molecule has 2 atom stereocenters. The van der Waals surface area contributed by atoms with Crippen molar-refractivity contribution in [1.29, 1.82) is 0 Å². The van der Waals surface area contributed by atoms with Crippen molar-refractivity contribution in [2.24, 2.45) is 0 Å². The van der Waals surface area contributed by atoms with Gasteiger partial charge in [-0.25, -0.2) is 10.9 Å². The minimum absolute atomic E-state index is 0.0981. The number of amides is 1. The van der Waals surface area contributed by atoms with Gasteiger partial charge in [-0.2, -0.15) is 0 Å². The molecule has 1 amide bonds. The van der Waals surface area contributed by atoms with Crippen molar-refractivity contribution in [1.82, 2.24) is 20.7 Å². The van der Waals surface area contributed by atoms with E-state index < -0.39 is 0 Å². The molecule has 0 aliphatic carbocycles. The quantitative estimate of drug-likeness (QED) is 0.615. The molecule has 1 aliphatic heterocycles. The summed E-state index contributed by atoms with van der Waals surface area (Å²) in [4.78, 5) is 12.6. The van der Waals surface area contributed by atoms with Crippen LogP contribution < -0.4 is 20.9 Å². The average molecular weight is 378 g/mol. The third-order valence-electron chi connectivity index (χ3n) is 5.15. The predicted molar refractivity (Wildman–Crippen MR) is 110 cm³/mol. The fraction of sp³-hybridized carbons (Fsp3) is 0.318. The zero-order valence-corrected chi connectivity index (χ0v) is 16.2. The summed E-state index contributed by atoms with van der Waals surface area (Å²) in [5.41, 5.74) is 9.64. The van der Waals surface area contributed by atoms with Crippen LogP contribution in [0.15, 0.2) is 54.6 Å². The Hall–Kier alpha value is -2.83. The summed E-state index contributed by atoms with van der Waals surface area (Å²) in [6.07, 6.45) is 0.645. The van der Waals surface area contributed by atoms with Gasteiger partial charge in [-0.05, 0) is 55.6 Å². The second kappa shape index (κ2) is 8.04. The molecular weight excluding hydrogens is 352 g/mol. The average Bonchev–Trinajstić information content (AvgIpc) is 3.32. The fourth-order valence-corrected chi connectivity index (χ4v) is 3.83. The smallest absolute Gasteiger partial charge is 0.252 e. The number of rotatable bonds is 6. The van der Waals surface area contributed by atoms with E-state index in [2.05, 4.69) is 58.0 Å². The number of hydrogen-bond donors (Lipinski definition) is 3. The number of fused-ring (bicyclic) bond motifs is 1. The molecule has 2 unspecified atom stereocenters. The standard InChI is InChI=1S/C22H26N4O2/c1-3-26-19-8-6-5-7-16(19)13-20(26)18-14-21(25-24-18)23-22(27)15-9-11-17(12-10-15)28-4-2/h5-13,18,21,24-25H,3-4,14H2,1-2H3,(H,23,27). The van der Waals surface area contributed by atoms with Crippen molar-refractivity contribution in [3.05, 3.63) is 65.9 Å². The molecular formula is C22H26N4O2. The molecule has 3 N–H and O–H groups in total. The van der Waals surface area contributed by atoms with Crippen LogP contribution in [-0.2, 0) is 6.54 Å². The molecule has 1 aromatic heterocycles. The molecule has 0 radical (unpaired) electrons. The Balaban J connectivity index is 1.44. The van der Waals surface area contributed by atoms with E-state index in [0.29, 0.717) is 12.2 Å². The first-order valence-electron chi connectivity index (χ1n) is 9.82. The summed E-state index contributed by atoms with van der Waals surface area (Å²) >= 11 is 0. The molecule has 0 bridgehead atoms. The van der Waals surface area contributed by atoms with Gasteiger partial charge >= 0.3 is 0 Å². The molecule has 1 aliphatic rings. The van der Waals surface area contributed by atoms with Crippen LogP contribution in [0.25, 0.3) is 10.9 Å². The first-order valence-corrected chi connectivity index (χ1v) is 9.82. The van der Waals surface area contributed by atoms with E-state index in [9.17, 15) is 4.79 Å². The van der Waals surface area contributed by atoms with Crippen molar-refractivity contribution < 1.29 is 9.53 Å². The Morgan fingerprint density at radius 1 is 1.14 bits per heavy atom. The largest absolute Gasteiger partial charge is 0.494 e. The zero-order valence-electron chi connectivity index (χ0n) is 16.2. The maximum Gasteiger partial charge on any atom is 0.252 e. The fourth-order valence-electron chi connectivity index (χ4n) is 3.83. The Bertz CT molecular complexity index is 964. The number of aryl methyl sites for hydroxylation is 1. The summed E-state index contributed by atoms with van der Waals surface area (Å²) in [7, 11) is 0. The Labute approximate surface area is 164 Å². The molecule has 146 valence electrons. The summed E-state index contributed by atoms with van der Waals surface area (Å²) in [5, 5.41) is 4.29. The Morgan fingerprint density at radius 3 is 2.68 bits per heavy atom. The lowest BCUT2D eigenvalue weighted by atomic mass is 10.1. The van der Waals surface area contributed by atoms with Crippen LogP contribution in [-0.4, -0.2) is 23.2 Å². The SMILES string of the molecule is CCOc1ccc(C(=O)NC2CC(c3cc4ccccc4n3CC)NN2)cc1. The van der Waals surface area contributed by atoms with Crippen molar-refractivity contribution >= 4 is 16.8 Å². The van der Waals surface area contributed by atoms with Gasteiger partial charge in [0.2, 0.25) is 0 Å². The number of benzene rings is 2. The molecule has 4 rings (SSSR count). The second-order valence-corrected chi connectivity index (χ2v) is 6.93. The first-order chi connectivity index (χ1) is 13.7. The number of carbonyl (C=O) groups is 1. The highest BCUT2D eigenvalue weighted by Crippen LogP contribution is 2.28. The number of carbonyl (C=O) groups excluding carboxylic acids is 1. The van der Waals surface area contributed by atoms with Gasteiger partial charge < -0.3 is 14.6 Å². The van der Waals surface area contributed by atoms with Gasteiger partial charge in [0.15, 0.2) is 0 Å². The van der Waals surface area contributed by atoms with E-state index in [1.807, 2.05) is 19.1 Å². The number of nitrogens with one attached hydrogen (secondary N) is 3. The summed E-state index contributed by atoms with van der Waals surface area (Å²) in [6.45, 7) is 5.61. The van der Waals surface area contributed by atoms with E-state index >= 15 is 0 Å². The normalized spacial score (nSPS) is 19.1. The highest BCUT2D eigenvalue weighted by atomic mass is 16.5. The number of ether oxygens (including phenoxy) is 1. The monoisotopic (exact) mass is 378 g/mol. The van der Waals surface area contributed by atoms with Crippen molar-refractivity contribution in [2.75, 3.05) is 6.61 Å². The number of hydrogen-bond acceptors (Lipinski definition) is 4.